The van der Waals surface area contributed by atoms with Crippen LogP contribution in [0.1, 0.15) is 12.8 Å². The van der Waals surface area contributed by atoms with Gasteiger partial charge in [0.15, 0.2) is 0 Å². The van der Waals surface area contributed by atoms with E-state index in [9.17, 15) is 10.1 Å². The van der Waals surface area contributed by atoms with Gasteiger partial charge < -0.3 is 10.1 Å². The molecular formula is C7H8IN3O2. The Morgan fingerprint density at radius 2 is 2.46 bits per heavy atom. The van der Waals surface area contributed by atoms with Crippen LogP contribution in [0, 0.1) is 19.6 Å². The summed E-state index contributed by atoms with van der Waals surface area (Å²) in [5.74, 6) is 0.663. The van der Waals surface area contributed by atoms with Crippen LogP contribution in [-0.2, 0) is 6.54 Å². The minimum atomic E-state index is -0.439. The molecule has 0 aliphatic heterocycles. The summed E-state index contributed by atoms with van der Waals surface area (Å²) in [6.45, 7) is 0.823. The molecule has 0 spiro atoms. The van der Waals surface area contributed by atoms with Crippen molar-refractivity contribution in [2.45, 2.75) is 19.4 Å². The van der Waals surface area contributed by atoms with Crippen LogP contribution in [0.4, 0.5) is 5.82 Å². The van der Waals surface area contributed by atoms with E-state index in [0.29, 0.717) is 9.49 Å². The summed E-state index contributed by atoms with van der Waals surface area (Å²) < 4.78 is 2.29. The molecule has 0 unspecified atom stereocenters. The first-order valence-corrected chi connectivity index (χ1v) is 5.12. The lowest BCUT2D eigenvalue weighted by Gasteiger charge is -1.90. The number of hydrogen-bond acceptors (Lipinski definition) is 3. The lowest BCUT2D eigenvalue weighted by atomic mass is 10.4. The van der Waals surface area contributed by atoms with Crippen LogP contribution >= 0.6 is 22.6 Å². The van der Waals surface area contributed by atoms with E-state index in [0.717, 1.165) is 6.54 Å². The molecule has 0 radical (unpaired) electrons. The second-order valence-electron chi connectivity index (χ2n) is 3.22. The molecule has 0 amide bonds. The van der Waals surface area contributed by atoms with Gasteiger partial charge in [-0.05, 0) is 46.3 Å². The third-order valence-electron chi connectivity index (χ3n) is 2.01. The van der Waals surface area contributed by atoms with Gasteiger partial charge in [0.1, 0.15) is 3.57 Å². The molecule has 1 aromatic heterocycles. The average Bonchev–Trinajstić information content (AvgIpc) is 2.75. The molecule has 1 aliphatic rings. The highest BCUT2D eigenvalue weighted by molar-refractivity contribution is 14.1. The molecule has 5 nitrogen and oxygen atoms in total. The van der Waals surface area contributed by atoms with Crippen molar-refractivity contribution in [3.63, 3.8) is 0 Å². The molecule has 6 heteroatoms. The Bertz CT molecular complexity index is 346. The quantitative estimate of drug-likeness (QED) is 0.485. The number of hydrogen-bond donors (Lipinski definition) is 0. The minimum absolute atomic E-state index is 0.0266. The standard InChI is InChI=1S/C7H8IN3O2/c8-6-4-10(3-5-1-2-5)9-7(6)11(12)13/h4-5H,1-3H2. The van der Waals surface area contributed by atoms with Crippen molar-refractivity contribution in [3.05, 3.63) is 19.9 Å². The molecular weight excluding hydrogens is 285 g/mol. The van der Waals surface area contributed by atoms with E-state index in [4.69, 9.17) is 0 Å². The molecule has 1 heterocycles. The van der Waals surface area contributed by atoms with E-state index in [2.05, 4.69) is 5.10 Å². The molecule has 70 valence electrons. The topological polar surface area (TPSA) is 61.0 Å². The monoisotopic (exact) mass is 293 g/mol. The maximum atomic E-state index is 10.5. The Labute approximate surface area is 88.4 Å². The van der Waals surface area contributed by atoms with Gasteiger partial charge in [0, 0.05) is 0 Å². The molecule has 0 bridgehead atoms. The zero-order chi connectivity index (χ0) is 9.42. The summed E-state index contributed by atoms with van der Waals surface area (Å²) in [5, 5.41) is 14.4. The van der Waals surface area contributed by atoms with Crippen LogP contribution in [0.5, 0.6) is 0 Å². The minimum Gasteiger partial charge on any atom is -0.358 e. The Kier molecular flexibility index (Phi) is 2.22. The summed E-state index contributed by atoms with van der Waals surface area (Å²) in [4.78, 5) is 10.0. The fourth-order valence-corrected chi connectivity index (χ4v) is 1.80. The molecule has 1 fully saturated rings. The number of nitrogens with zero attached hydrogens (tertiary/aromatic N) is 3. The maximum Gasteiger partial charge on any atom is 0.403 e. The Balaban J connectivity index is 2.18. The van der Waals surface area contributed by atoms with Crippen molar-refractivity contribution in [2.24, 2.45) is 5.92 Å². The lowest BCUT2D eigenvalue weighted by molar-refractivity contribution is -0.390. The van der Waals surface area contributed by atoms with Crippen LogP contribution in [0.2, 0.25) is 0 Å². The van der Waals surface area contributed by atoms with Crippen molar-refractivity contribution >= 4 is 28.4 Å². The predicted octanol–water partition coefficient (Wildman–Crippen LogP) is 1.81. The van der Waals surface area contributed by atoms with Gasteiger partial charge in [0.25, 0.3) is 0 Å². The highest BCUT2D eigenvalue weighted by atomic mass is 127. The van der Waals surface area contributed by atoms with Crippen LogP contribution in [0.25, 0.3) is 0 Å². The molecule has 13 heavy (non-hydrogen) atoms. The van der Waals surface area contributed by atoms with Crippen LogP contribution in [0.3, 0.4) is 0 Å². The van der Waals surface area contributed by atoms with Gasteiger partial charge in [0.2, 0.25) is 0 Å². The van der Waals surface area contributed by atoms with Gasteiger partial charge in [-0.1, -0.05) is 0 Å². The third kappa shape index (κ3) is 1.98. The zero-order valence-corrected chi connectivity index (χ0v) is 8.97. The van der Waals surface area contributed by atoms with Gasteiger partial charge in [0.05, 0.1) is 17.8 Å². The summed E-state index contributed by atoms with van der Waals surface area (Å²) in [7, 11) is 0. The van der Waals surface area contributed by atoms with Gasteiger partial charge in [-0.2, -0.15) is 4.68 Å². The normalized spacial score (nSPS) is 16.1. The number of rotatable bonds is 3. The van der Waals surface area contributed by atoms with Crippen molar-refractivity contribution in [3.8, 4) is 0 Å². The summed E-state index contributed by atoms with van der Waals surface area (Å²) >= 11 is 1.94. The fraction of sp³-hybridized carbons (Fsp3) is 0.571. The van der Waals surface area contributed by atoms with Gasteiger partial charge in [-0.3, -0.25) is 0 Å². The van der Waals surface area contributed by atoms with Crippen LogP contribution in [-0.4, -0.2) is 14.7 Å². The molecule has 1 aliphatic carbocycles. The Morgan fingerprint density at radius 1 is 1.77 bits per heavy atom. The summed E-state index contributed by atoms with van der Waals surface area (Å²) in [5.41, 5.74) is 0. The third-order valence-corrected chi connectivity index (χ3v) is 2.78. The Hall–Kier alpha value is -0.660. The van der Waals surface area contributed by atoms with Crippen molar-refractivity contribution < 1.29 is 4.92 Å². The van der Waals surface area contributed by atoms with Crippen molar-refractivity contribution in [1.82, 2.24) is 9.78 Å². The number of halogens is 1. The van der Waals surface area contributed by atoms with Crippen molar-refractivity contribution in [1.29, 1.82) is 0 Å². The Morgan fingerprint density at radius 3 is 2.92 bits per heavy atom. The van der Waals surface area contributed by atoms with E-state index >= 15 is 0 Å². The lowest BCUT2D eigenvalue weighted by Crippen LogP contribution is -2.00. The van der Waals surface area contributed by atoms with E-state index in [1.54, 1.807) is 10.9 Å². The second-order valence-corrected chi connectivity index (χ2v) is 4.39. The summed E-state index contributed by atoms with van der Waals surface area (Å²) in [6, 6.07) is 0. The van der Waals surface area contributed by atoms with E-state index < -0.39 is 4.92 Å². The number of aromatic nitrogens is 2. The van der Waals surface area contributed by atoms with Crippen molar-refractivity contribution in [2.75, 3.05) is 0 Å². The first-order valence-electron chi connectivity index (χ1n) is 4.04. The SMILES string of the molecule is O=[N+]([O-])c1nn(CC2CC2)cc1I. The smallest absolute Gasteiger partial charge is 0.358 e. The summed E-state index contributed by atoms with van der Waals surface area (Å²) in [6.07, 6.45) is 4.19. The maximum absolute atomic E-state index is 10.5. The number of nitro groups is 1. The molecule has 1 saturated carbocycles. The van der Waals surface area contributed by atoms with Crippen LogP contribution < -0.4 is 0 Å². The van der Waals surface area contributed by atoms with Gasteiger partial charge in [-0.25, -0.2) is 0 Å². The fourth-order valence-electron chi connectivity index (χ4n) is 1.17. The van der Waals surface area contributed by atoms with Crippen LogP contribution in [0.15, 0.2) is 6.20 Å². The zero-order valence-electron chi connectivity index (χ0n) is 6.81. The second kappa shape index (κ2) is 3.24. The van der Waals surface area contributed by atoms with E-state index in [1.165, 1.54) is 12.8 Å². The first-order chi connectivity index (χ1) is 6.16. The molecule has 1 aromatic rings. The highest BCUT2D eigenvalue weighted by Gasteiger charge is 2.26. The predicted molar refractivity (Wildman–Crippen MR) is 54.3 cm³/mol. The molecule has 2 rings (SSSR count). The highest BCUT2D eigenvalue weighted by Crippen LogP contribution is 2.31. The van der Waals surface area contributed by atoms with E-state index in [-0.39, 0.29) is 5.82 Å². The van der Waals surface area contributed by atoms with Gasteiger partial charge >= 0.3 is 5.82 Å². The van der Waals surface area contributed by atoms with E-state index in [1.807, 2.05) is 22.6 Å². The molecule has 0 atom stereocenters. The van der Waals surface area contributed by atoms with Gasteiger partial charge in [-0.15, -0.1) is 0 Å². The molecule has 0 N–H and O–H groups in total. The first kappa shape index (κ1) is 8.92. The molecule has 0 aromatic carbocycles. The molecule has 0 saturated heterocycles. The average molecular weight is 293 g/mol. The largest absolute Gasteiger partial charge is 0.403 e.